The Morgan fingerprint density at radius 1 is 0.913 bits per heavy atom. The molecule has 2 saturated heterocycles. The van der Waals surface area contributed by atoms with Crippen LogP contribution in [0.4, 0.5) is 0 Å². The number of carbonyl (C=O) groups excluding carboxylic acids is 1. The second-order valence-electron chi connectivity index (χ2n) is 8.55. The Morgan fingerprint density at radius 3 is 2.57 bits per heavy atom. The van der Waals surface area contributed by atoms with Crippen LogP contribution in [-0.2, 0) is 4.79 Å². The van der Waals surface area contributed by atoms with Crippen molar-refractivity contribution in [3.63, 3.8) is 0 Å². The fourth-order valence-corrected chi connectivity index (χ4v) is 5.95. The Hall–Kier alpha value is -0.610. The number of nitrogens with zero attached hydrogens (tertiary/aromatic N) is 2. The van der Waals surface area contributed by atoms with E-state index in [-0.39, 0.29) is 0 Å². The highest BCUT2D eigenvalue weighted by Gasteiger charge is 2.41. The van der Waals surface area contributed by atoms with Crippen LogP contribution in [-0.4, -0.2) is 54.0 Å². The quantitative estimate of drug-likeness (QED) is 0.849. The van der Waals surface area contributed by atoms with Crippen molar-refractivity contribution in [2.45, 2.75) is 69.9 Å². The van der Waals surface area contributed by atoms with Gasteiger partial charge in [0.25, 0.3) is 0 Å². The van der Waals surface area contributed by atoms with Gasteiger partial charge < -0.3 is 10.6 Å². The molecule has 4 aliphatic rings. The van der Waals surface area contributed by atoms with E-state index in [1.165, 1.54) is 57.8 Å². The van der Waals surface area contributed by atoms with E-state index in [1.807, 2.05) is 0 Å². The van der Waals surface area contributed by atoms with Crippen molar-refractivity contribution in [2.75, 3.05) is 26.2 Å². The van der Waals surface area contributed by atoms with Crippen LogP contribution in [0, 0.1) is 17.8 Å². The van der Waals surface area contributed by atoms with E-state index >= 15 is 0 Å². The molecular formula is C19H33N3O. The first-order valence-electron chi connectivity index (χ1n) is 10.00. The molecule has 2 heterocycles. The zero-order valence-corrected chi connectivity index (χ0v) is 14.5. The third-order valence-electron chi connectivity index (χ3n) is 7.15. The smallest absolute Gasteiger partial charge is 0.237 e. The maximum absolute atomic E-state index is 12.9. The molecule has 4 nitrogen and oxygen atoms in total. The SMILES string of the molecule is NC1CCCC2CN(CC(=O)N3CCCC4CCCCC43)CC12. The molecule has 23 heavy (non-hydrogen) atoms. The zero-order valence-electron chi connectivity index (χ0n) is 14.5. The number of hydrogen-bond acceptors (Lipinski definition) is 3. The summed E-state index contributed by atoms with van der Waals surface area (Å²) in [5, 5.41) is 0. The normalized spacial score (nSPS) is 41.4. The summed E-state index contributed by atoms with van der Waals surface area (Å²) in [5.74, 6) is 2.57. The number of fused-ring (bicyclic) bond motifs is 2. The fourth-order valence-electron chi connectivity index (χ4n) is 5.95. The lowest BCUT2D eigenvalue weighted by Crippen LogP contribution is -2.52. The summed E-state index contributed by atoms with van der Waals surface area (Å²) in [7, 11) is 0. The minimum absolute atomic E-state index is 0.367. The van der Waals surface area contributed by atoms with Gasteiger partial charge in [-0.2, -0.15) is 0 Å². The number of nitrogens with two attached hydrogens (primary N) is 1. The minimum atomic E-state index is 0.367. The Morgan fingerprint density at radius 2 is 1.70 bits per heavy atom. The number of likely N-dealkylation sites (tertiary alicyclic amines) is 2. The van der Waals surface area contributed by atoms with E-state index in [9.17, 15) is 4.79 Å². The maximum Gasteiger partial charge on any atom is 0.237 e. The lowest BCUT2D eigenvalue weighted by atomic mass is 9.78. The highest BCUT2D eigenvalue weighted by atomic mass is 16.2. The molecule has 4 fully saturated rings. The van der Waals surface area contributed by atoms with Crippen molar-refractivity contribution in [1.82, 2.24) is 9.80 Å². The lowest BCUT2D eigenvalue weighted by Gasteiger charge is -2.44. The van der Waals surface area contributed by atoms with Gasteiger partial charge in [-0.3, -0.25) is 9.69 Å². The number of piperidine rings is 1. The van der Waals surface area contributed by atoms with Gasteiger partial charge in [0, 0.05) is 31.7 Å². The van der Waals surface area contributed by atoms with Crippen LogP contribution in [0.3, 0.4) is 0 Å². The summed E-state index contributed by atoms with van der Waals surface area (Å²) in [4.78, 5) is 17.6. The molecular weight excluding hydrogens is 286 g/mol. The molecule has 5 unspecified atom stereocenters. The van der Waals surface area contributed by atoms with Crippen LogP contribution in [0.1, 0.15) is 57.8 Å². The van der Waals surface area contributed by atoms with Crippen molar-refractivity contribution in [3.8, 4) is 0 Å². The molecule has 4 heteroatoms. The Kier molecular flexibility index (Phi) is 4.64. The molecule has 2 N–H and O–H groups in total. The van der Waals surface area contributed by atoms with Crippen LogP contribution < -0.4 is 5.73 Å². The molecule has 0 radical (unpaired) electrons. The van der Waals surface area contributed by atoms with Gasteiger partial charge in [0.2, 0.25) is 5.91 Å². The summed E-state index contributed by atoms with van der Waals surface area (Å²) in [6.07, 6.45) is 11.6. The Labute approximate surface area is 140 Å². The van der Waals surface area contributed by atoms with Gasteiger partial charge in [0.05, 0.1) is 6.54 Å². The lowest BCUT2D eigenvalue weighted by molar-refractivity contribution is -0.138. The van der Waals surface area contributed by atoms with Crippen LogP contribution in [0.15, 0.2) is 0 Å². The van der Waals surface area contributed by atoms with Gasteiger partial charge >= 0.3 is 0 Å². The van der Waals surface area contributed by atoms with Gasteiger partial charge in [-0.1, -0.05) is 19.3 Å². The zero-order chi connectivity index (χ0) is 15.8. The largest absolute Gasteiger partial charge is 0.338 e. The van der Waals surface area contributed by atoms with Crippen molar-refractivity contribution in [3.05, 3.63) is 0 Å². The average Bonchev–Trinajstić information content (AvgIpc) is 2.98. The average molecular weight is 319 g/mol. The predicted molar refractivity (Wildman–Crippen MR) is 91.9 cm³/mol. The molecule has 0 aromatic rings. The van der Waals surface area contributed by atoms with Gasteiger partial charge in [-0.15, -0.1) is 0 Å². The van der Waals surface area contributed by atoms with Crippen molar-refractivity contribution in [1.29, 1.82) is 0 Å². The number of carbonyl (C=O) groups is 1. The van der Waals surface area contributed by atoms with Crippen molar-refractivity contribution in [2.24, 2.45) is 23.5 Å². The van der Waals surface area contributed by atoms with Crippen molar-refractivity contribution < 1.29 is 4.79 Å². The van der Waals surface area contributed by atoms with E-state index in [1.54, 1.807) is 0 Å². The van der Waals surface area contributed by atoms with E-state index in [0.717, 1.165) is 31.5 Å². The Balaban J connectivity index is 1.36. The first-order valence-corrected chi connectivity index (χ1v) is 10.00. The summed E-state index contributed by atoms with van der Waals surface area (Å²) in [6, 6.07) is 0.920. The molecule has 130 valence electrons. The van der Waals surface area contributed by atoms with Crippen LogP contribution in [0.2, 0.25) is 0 Å². The molecule has 0 spiro atoms. The standard InChI is InChI=1S/C19H33N3O/c20-17-8-3-6-15-11-21(12-16(15)17)13-19(23)22-10-4-7-14-5-1-2-9-18(14)22/h14-18H,1-13,20H2. The van der Waals surface area contributed by atoms with Gasteiger partial charge in [0.1, 0.15) is 0 Å². The second-order valence-corrected chi connectivity index (χ2v) is 8.55. The third-order valence-corrected chi connectivity index (χ3v) is 7.15. The predicted octanol–water partition coefficient (Wildman–Crippen LogP) is 2.23. The van der Waals surface area contributed by atoms with Crippen molar-refractivity contribution >= 4 is 5.91 Å². The van der Waals surface area contributed by atoms with E-state index in [2.05, 4.69) is 9.80 Å². The number of rotatable bonds is 2. The van der Waals surface area contributed by atoms with E-state index < -0.39 is 0 Å². The van der Waals surface area contributed by atoms with Crippen LogP contribution in [0.5, 0.6) is 0 Å². The van der Waals surface area contributed by atoms with Crippen LogP contribution >= 0.6 is 0 Å². The molecule has 2 saturated carbocycles. The highest BCUT2D eigenvalue weighted by Crippen LogP contribution is 2.37. The topological polar surface area (TPSA) is 49.6 Å². The van der Waals surface area contributed by atoms with Crippen LogP contribution in [0.25, 0.3) is 0 Å². The van der Waals surface area contributed by atoms with E-state index in [4.69, 9.17) is 5.73 Å². The minimum Gasteiger partial charge on any atom is -0.338 e. The summed E-state index contributed by atoms with van der Waals surface area (Å²) in [5.41, 5.74) is 6.32. The summed E-state index contributed by atoms with van der Waals surface area (Å²) < 4.78 is 0. The summed E-state index contributed by atoms with van der Waals surface area (Å²) in [6.45, 7) is 3.80. The monoisotopic (exact) mass is 319 g/mol. The molecule has 4 rings (SSSR count). The second kappa shape index (κ2) is 6.72. The molecule has 2 aliphatic carbocycles. The molecule has 5 atom stereocenters. The number of amides is 1. The first kappa shape index (κ1) is 15.9. The number of hydrogen-bond donors (Lipinski definition) is 1. The third kappa shape index (κ3) is 3.17. The molecule has 1 amide bonds. The molecule has 0 bridgehead atoms. The van der Waals surface area contributed by atoms with Gasteiger partial charge in [-0.05, 0) is 56.3 Å². The fraction of sp³-hybridized carbons (Fsp3) is 0.947. The van der Waals surface area contributed by atoms with E-state index in [0.29, 0.717) is 30.5 Å². The Bertz CT molecular complexity index is 438. The first-order chi connectivity index (χ1) is 11.2. The van der Waals surface area contributed by atoms with Gasteiger partial charge in [0.15, 0.2) is 0 Å². The maximum atomic E-state index is 12.9. The molecule has 2 aliphatic heterocycles. The van der Waals surface area contributed by atoms with Gasteiger partial charge in [-0.25, -0.2) is 0 Å². The molecule has 0 aromatic carbocycles. The highest BCUT2D eigenvalue weighted by molar-refractivity contribution is 5.78. The molecule has 0 aromatic heterocycles. The summed E-state index contributed by atoms with van der Waals surface area (Å²) >= 11 is 0.